The van der Waals surface area contributed by atoms with Crippen LogP contribution in [-0.2, 0) is 27.5 Å². The van der Waals surface area contributed by atoms with Crippen LogP contribution in [0, 0.1) is 23.7 Å². The predicted octanol–water partition coefficient (Wildman–Crippen LogP) is 2.21. The molecule has 2 aliphatic carbocycles. The number of hydrogen-bond acceptors (Lipinski definition) is 5. The van der Waals surface area contributed by atoms with Crippen molar-refractivity contribution in [1.82, 2.24) is 9.80 Å². The summed E-state index contributed by atoms with van der Waals surface area (Å²) in [6.07, 6.45) is 8.05. The van der Waals surface area contributed by atoms with Crippen LogP contribution in [0.2, 0.25) is 0 Å². The minimum absolute atomic E-state index is 0.133. The fourth-order valence-electron chi connectivity index (χ4n) is 4.77. The van der Waals surface area contributed by atoms with E-state index in [0.717, 1.165) is 11.3 Å². The van der Waals surface area contributed by atoms with Gasteiger partial charge in [-0.05, 0) is 42.5 Å². The first kappa shape index (κ1) is 17.0. The molecule has 3 heterocycles. The number of furan rings is 2. The molecule has 2 aromatic heterocycles. The largest absolute Gasteiger partial charge is 0.467 e. The Morgan fingerprint density at radius 3 is 1.96 bits per heavy atom. The van der Waals surface area contributed by atoms with Gasteiger partial charge in [0.15, 0.2) is 0 Å². The molecule has 2 aromatic rings. The number of imide groups is 1. The number of rotatable bonds is 6. The van der Waals surface area contributed by atoms with Gasteiger partial charge in [0.1, 0.15) is 18.1 Å². The standard InChI is InChI=1S/C21H20N2O5/c24-17(22(10-15-3-1-7-27-15)11-16-4-2-8-28-16)12-23-20(25)18-13-5-6-14(9-13)19(18)21(23)26/h1-8,13-14,18-19H,9-12H2. The second-order valence-electron chi connectivity index (χ2n) is 7.67. The van der Waals surface area contributed by atoms with Crippen molar-refractivity contribution >= 4 is 17.7 Å². The van der Waals surface area contributed by atoms with Crippen molar-refractivity contribution in [2.45, 2.75) is 19.5 Å². The lowest BCUT2D eigenvalue weighted by atomic mass is 9.85. The van der Waals surface area contributed by atoms with E-state index in [0.29, 0.717) is 11.5 Å². The van der Waals surface area contributed by atoms with Gasteiger partial charge in [-0.2, -0.15) is 0 Å². The van der Waals surface area contributed by atoms with Crippen LogP contribution in [-0.4, -0.2) is 34.1 Å². The zero-order chi connectivity index (χ0) is 19.3. The van der Waals surface area contributed by atoms with Crippen LogP contribution < -0.4 is 0 Å². The number of likely N-dealkylation sites (tertiary alicyclic amines) is 1. The van der Waals surface area contributed by atoms with Gasteiger partial charge in [-0.25, -0.2) is 0 Å². The number of hydrogen-bond donors (Lipinski definition) is 0. The van der Waals surface area contributed by atoms with Gasteiger partial charge < -0.3 is 13.7 Å². The normalized spacial score (nSPS) is 27.6. The number of amides is 3. The fourth-order valence-corrected chi connectivity index (χ4v) is 4.77. The second-order valence-corrected chi connectivity index (χ2v) is 7.67. The van der Waals surface area contributed by atoms with E-state index >= 15 is 0 Å². The van der Waals surface area contributed by atoms with Crippen LogP contribution in [0.15, 0.2) is 57.8 Å². The first-order chi connectivity index (χ1) is 13.6. The van der Waals surface area contributed by atoms with Gasteiger partial charge in [-0.3, -0.25) is 19.3 Å². The van der Waals surface area contributed by atoms with Gasteiger partial charge in [0.25, 0.3) is 0 Å². The Balaban J connectivity index is 1.33. The lowest BCUT2D eigenvalue weighted by Gasteiger charge is -2.24. The minimum Gasteiger partial charge on any atom is -0.467 e. The summed E-state index contributed by atoms with van der Waals surface area (Å²) < 4.78 is 10.7. The number of fused-ring (bicyclic) bond motifs is 5. The quantitative estimate of drug-likeness (QED) is 0.567. The van der Waals surface area contributed by atoms with Crippen LogP contribution in [0.1, 0.15) is 17.9 Å². The zero-order valence-corrected chi connectivity index (χ0v) is 15.2. The molecule has 1 saturated heterocycles. The van der Waals surface area contributed by atoms with Crippen molar-refractivity contribution in [3.05, 3.63) is 60.5 Å². The zero-order valence-electron chi connectivity index (χ0n) is 15.2. The van der Waals surface area contributed by atoms with Gasteiger partial charge in [0.05, 0.1) is 37.5 Å². The minimum atomic E-state index is -0.310. The van der Waals surface area contributed by atoms with Gasteiger partial charge >= 0.3 is 0 Å². The van der Waals surface area contributed by atoms with Crippen LogP contribution >= 0.6 is 0 Å². The van der Waals surface area contributed by atoms with Crippen molar-refractivity contribution in [2.75, 3.05) is 6.54 Å². The molecule has 144 valence electrons. The number of nitrogens with zero attached hydrogens (tertiary/aromatic N) is 2. The molecule has 2 fully saturated rings. The fraction of sp³-hybridized carbons (Fsp3) is 0.381. The average Bonchev–Trinajstić information content (AvgIpc) is 3.49. The molecule has 7 heteroatoms. The maximum Gasteiger partial charge on any atom is 0.243 e. The molecule has 1 aliphatic heterocycles. The van der Waals surface area contributed by atoms with Crippen LogP contribution in [0.5, 0.6) is 0 Å². The van der Waals surface area contributed by atoms with E-state index in [9.17, 15) is 14.4 Å². The van der Waals surface area contributed by atoms with Crippen LogP contribution in [0.25, 0.3) is 0 Å². The maximum absolute atomic E-state index is 13.0. The Morgan fingerprint density at radius 1 is 0.964 bits per heavy atom. The van der Waals surface area contributed by atoms with E-state index in [2.05, 4.69) is 0 Å². The van der Waals surface area contributed by atoms with Gasteiger partial charge in [-0.1, -0.05) is 12.2 Å². The number of carbonyl (C=O) groups is 3. The highest BCUT2D eigenvalue weighted by Gasteiger charge is 2.59. The van der Waals surface area contributed by atoms with E-state index in [1.807, 2.05) is 12.2 Å². The number of allylic oxidation sites excluding steroid dienone is 2. The number of carbonyl (C=O) groups excluding carboxylic acids is 3. The predicted molar refractivity (Wildman–Crippen MR) is 96.1 cm³/mol. The topological polar surface area (TPSA) is 84.0 Å². The molecular weight excluding hydrogens is 360 g/mol. The Labute approximate surface area is 161 Å². The highest BCUT2D eigenvalue weighted by molar-refractivity contribution is 6.08. The summed E-state index contributed by atoms with van der Waals surface area (Å²) in [5.41, 5.74) is 0. The Hall–Kier alpha value is -3.09. The van der Waals surface area contributed by atoms with Crippen LogP contribution in [0.4, 0.5) is 0 Å². The molecular formula is C21H20N2O5. The Bertz CT molecular complexity index is 864. The van der Waals surface area contributed by atoms with Crippen molar-refractivity contribution in [3.8, 4) is 0 Å². The molecule has 0 radical (unpaired) electrons. The summed E-state index contributed by atoms with van der Waals surface area (Å²) in [5.74, 6) is 0.193. The van der Waals surface area contributed by atoms with E-state index in [1.54, 1.807) is 41.7 Å². The van der Waals surface area contributed by atoms with Crippen molar-refractivity contribution < 1.29 is 23.2 Å². The molecule has 3 amide bonds. The van der Waals surface area contributed by atoms with Gasteiger partial charge in [-0.15, -0.1) is 0 Å². The van der Waals surface area contributed by atoms with Crippen molar-refractivity contribution in [3.63, 3.8) is 0 Å². The molecule has 0 spiro atoms. The van der Waals surface area contributed by atoms with E-state index in [1.165, 1.54) is 0 Å². The lowest BCUT2D eigenvalue weighted by Crippen LogP contribution is -2.43. The molecule has 2 bridgehead atoms. The molecule has 7 nitrogen and oxygen atoms in total. The Kier molecular flexibility index (Phi) is 3.96. The summed E-state index contributed by atoms with van der Waals surface area (Å²) in [6, 6.07) is 7.06. The lowest BCUT2D eigenvalue weighted by molar-refractivity contribution is -0.147. The molecule has 5 rings (SSSR count). The molecule has 1 saturated carbocycles. The molecule has 4 atom stereocenters. The second kappa shape index (κ2) is 6.51. The van der Waals surface area contributed by atoms with E-state index in [-0.39, 0.29) is 61.0 Å². The average molecular weight is 380 g/mol. The molecule has 0 aromatic carbocycles. The highest BCUT2D eigenvalue weighted by Crippen LogP contribution is 2.52. The summed E-state index contributed by atoms with van der Waals surface area (Å²) in [5, 5.41) is 0. The smallest absolute Gasteiger partial charge is 0.243 e. The third-order valence-corrected chi connectivity index (χ3v) is 6.06. The van der Waals surface area contributed by atoms with Crippen LogP contribution in [0.3, 0.4) is 0 Å². The maximum atomic E-state index is 13.0. The first-order valence-electron chi connectivity index (χ1n) is 9.48. The SMILES string of the molecule is O=C(CN1C(=O)C2C3C=CC(C3)C2C1=O)N(Cc1ccco1)Cc1ccco1. The van der Waals surface area contributed by atoms with E-state index in [4.69, 9.17) is 8.83 Å². The molecule has 3 aliphatic rings. The van der Waals surface area contributed by atoms with Gasteiger partial charge in [0, 0.05) is 0 Å². The summed E-state index contributed by atoms with van der Waals surface area (Å²) >= 11 is 0. The third-order valence-electron chi connectivity index (χ3n) is 6.06. The van der Waals surface area contributed by atoms with E-state index < -0.39 is 0 Å². The molecule has 4 unspecified atom stereocenters. The van der Waals surface area contributed by atoms with Gasteiger partial charge in [0.2, 0.25) is 17.7 Å². The summed E-state index contributed by atoms with van der Waals surface area (Å²) in [4.78, 5) is 41.4. The van der Waals surface area contributed by atoms with Crippen molar-refractivity contribution in [2.24, 2.45) is 23.7 Å². The first-order valence-corrected chi connectivity index (χ1v) is 9.48. The Morgan fingerprint density at radius 2 is 1.50 bits per heavy atom. The van der Waals surface area contributed by atoms with Crippen molar-refractivity contribution in [1.29, 1.82) is 0 Å². The monoisotopic (exact) mass is 380 g/mol. The summed E-state index contributed by atoms with van der Waals surface area (Å²) in [7, 11) is 0. The summed E-state index contributed by atoms with van der Waals surface area (Å²) in [6.45, 7) is 0.232. The molecule has 0 N–H and O–H groups in total. The third kappa shape index (κ3) is 2.69. The highest BCUT2D eigenvalue weighted by atomic mass is 16.3. The molecule has 28 heavy (non-hydrogen) atoms.